The van der Waals surface area contributed by atoms with E-state index in [2.05, 4.69) is 28.8 Å². The lowest BCUT2D eigenvalue weighted by Crippen LogP contribution is -2.41. The summed E-state index contributed by atoms with van der Waals surface area (Å²) in [6.45, 7) is 7.99. The van der Waals surface area contributed by atoms with Crippen LogP contribution in [0.5, 0.6) is 5.88 Å². The van der Waals surface area contributed by atoms with Crippen molar-refractivity contribution in [1.29, 1.82) is 0 Å². The van der Waals surface area contributed by atoms with Gasteiger partial charge in [0.2, 0.25) is 10.8 Å². The molecule has 1 N–H and O–H groups in total. The molecule has 150 valence electrons. The molecule has 1 aromatic carbocycles. The summed E-state index contributed by atoms with van der Waals surface area (Å²) in [7, 11) is 0. The van der Waals surface area contributed by atoms with Crippen LogP contribution < -0.4 is 0 Å². The number of rotatable bonds is 4. The Bertz CT molecular complexity index is 992. The van der Waals surface area contributed by atoms with E-state index in [0.717, 1.165) is 25.6 Å². The van der Waals surface area contributed by atoms with E-state index < -0.39 is 11.6 Å². The lowest BCUT2D eigenvalue weighted by molar-refractivity contribution is 0.111. The van der Waals surface area contributed by atoms with Crippen LogP contribution in [0.1, 0.15) is 49.5 Å². The molecule has 8 heteroatoms. The molecule has 3 atom stereocenters. The molecule has 0 bridgehead atoms. The fourth-order valence-electron chi connectivity index (χ4n) is 4.25. The minimum atomic E-state index is -0.882. The van der Waals surface area contributed by atoms with E-state index in [0.29, 0.717) is 39.5 Å². The van der Waals surface area contributed by atoms with Crippen LogP contribution in [0.4, 0.5) is 8.78 Å². The molecule has 1 aliphatic heterocycles. The molecule has 1 aliphatic rings. The van der Waals surface area contributed by atoms with E-state index in [9.17, 15) is 13.9 Å². The average molecular weight is 407 g/mol. The highest BCUT2D eigenvalue weighted by Crippen LogP contribution is 2.42. The van der Waals surface area contributed by atoms with Crippen LogP contribution in [0.3, 0.4) is 0 Å². The Morgan fingerprint density at radius 3 is 2.54 bits per heavy atom. The smallest absolute Gasteiger partial charge is 0.230 e. The van der Waals surface area contributed by atoms with Crippen LogP contribution in [0.25, 0.3) is 4.96 Å². The fraction of sp³-hybridized carbons (Fsp3) is 0.500. The summed E-state index contributed by atoms with van der Waals surface area (Å²) >= 11 is 1.35. The summed E-state index contributed by atoms with van der Waals surface area (Å²) in [5.74, 6) is -0.110. The van der Waals surface area contributed by atoms with Crippen molar-refractivity contribution < 1.29 is 13.9 Å². The molecular weight excluding hydrogens is 382 g/mol. The van der Waals surface area contributed by atoms with Crippen molar-refractivity contribution in [3.05, 3.63) is 46.1 Å². The highest BCUT2D eigenvalue weighted by Gasteiger charge is 2.34. The number of piperidine rings is 1. The zero-order valence-corrected chi connectivity index (χ0v) is 17.0. The summed E-state index contributed by atoms with van der Waals surface area (Å²) in [6.07, 6.45) is 1.80. The van der Waals surface area contributed by atoms with E-state index >= 15 is 0 Å². The SMILES string of the molecule is CCc1nc2sc([C@H](c3ccc(F)c(F)c3)N3C[C@@H](C)C[C@H](C)C3)c(O)n2n1. The molecule has 4 rings (SSSR count). The second kappa shape index (κ2) is 7.40. The molecule has 5 nitrogen and oxygen atoms in total. The summed E-state index contributed by atoms with van der Waals surface area (Å²) in [5, 5.41) is 15.2. The maximum atomic E-state index is 14.0. The van der Waals surface area contributed by atoms with Crippen molar-refractivity contribution in [3.63, 3.8) is 0 Å². The quantitative estimate of drug-likeness (QED) is 0.698. The molecule has 2 aromatic heterocycles. The van der Waals surface area contributed by atoms with Gasteiger partial charge in [0.05, 0.1) is 10.9 Å². The van der Waals surface area contributed by atoms with Gasteiger partial charge in [-0.2, -0.15) is 4.52 Å². The van der Waals surface area contributed by atoms with Gasteiger partial charge < -0.3 is 5.11 Å². The minimum Gasteiger partial charge on any atom is -0.492 e. The number of aromatic hydroxyl groups is 1. The lowest BCUT2D eigenvalue weighted by atomic mass is 9.89. The molecule has 28 heavy (non-hydrogen) atoms. The molecule has 0 saturated carbocycles. The third-order valence-electron chi connectivity index (χ3n) is 5.33. The van der Waals surface area contributed by atoms with E-state index in [1.165, 1.54) is 21.9 Å². The molecular formula is C20H24F2N4OS. The molecule has 1 saturated heterocycles. The standard InChI is InChI=1S/C20H24F2N4OS/c1-4-16-23-20-26(24-16)19(27)18(28-20)17(13-5-6-14(21)15(22)8-13)25-9-11(2)7-12(3)10-25/h5-6,8,11-12,17,27H,4,7,9-10H2,1-3H3/t11-,12-,17-/m0/s1. The Labute approximate surface area is 166 Å². The van der Waals surface area contributed by atoms with Gasteiger partial charge in [-0.05, 0) is 36.0 Å². The molecule has 1 fully saturated rings. The topological polar surface area (TPSA) is 53.7 Å². The average Bonchev–Trinajstić information content (AvgIpc) is 3.17. The van der Waals surface area contributed by atoms with Crippen molar-refractivity contribution in [3.8, 4) is 5.88 Å². The summed E-state index contributed by atoms with van der Waals surface area (Å²) in [4.78, 5) is 7.96. The monoisotopic (exact) mass is 406 g/mol. The summed E-state index contributed by atoms with van der Waals surface area (Å²) < 4.78 is 29.0. The van der Waals surface area contributed by atoms with E-state index in [1.54, 1.807) is 6.07 Å². The molecule has 0 radical (unpaired) electrons. The van der Waals surface area contributed by atoms with Gasteiger partial charge in [-0.1, -0.05) is 38.2 Å². The first-order valence-corrected chi connectivity index (χ1v) is 10.4. The first-order chi connectivity index (χ1) is 13.4. The van der Waals surface area contributed by atoms with Crippen molar-refractivity contribution in [1.82, 2.24) is 19.5 Å². The third-order valence-corrected chi connectivity index (χ3v) is 6.40. The van der Waals surface area contributed by atoms with Crippen LogP contribution in [-0.2, 0) is 6.42 Å². The molecule has 0 amide bonds. The van der Waals surface area contributed by atoms with E-state index in [4.69, 9.17) is 0 Å². The molecule has 0 spiro atoms. The van der Waals surface area contributed by atoms with Gasteiger partial charge in [-0.3, -0.25) is 4.90 Å². The maximum absolute atomic E-state index is 14.0. The predicted octanol–water partition coefficient (Wildman–Crippen LogP) is 4.40. The van der Waals surface area contributed by atoms with Crippen LogP contribution in [-0.4, -0.2) is 37.7 Å². The Kier molecular flexibility index (Phi) is 5.09. The van der Waals surface area contributed by atoms with E-state index in [-0.39, 0.29) is 11.9 Å². The first-order valence-electron chi connectivity index (χ1n) is 9.63. The Morgan fingerprint density at radius 2 is 1.93 bits per heavy atom. The number of hydrogen-bond donors (Lipinski definition) is 1. The second-order valence-corrected chi connectivity index (χ2v) is 8.85. The van der Waals surface area contributed by atoms with Crippen molar-refractivity contribution in [2.24, 2.45) is 11.8 Å². The van der Waals surface area contributed by atoms with Crippen molar-refractivity contribution in [2.45, 2.75) is 39.7 Å². The summed E-state index contributed by atoms with van der Waals surface area (Å²) in [6, 6.07) is 3.60. The zero-order valence-electron chi connectivity index (χ0n) is 16.2. The Hall–Kier alpha value is -2.06. The molecule has 3 heterocycles. The van der Waals surface area contributed by atoms with Gasteiger partial charge in [-0.15, -0.1) is 5.10 Å². The van der Waals surface area contributed by atoms with Crippen LogP contribution in [0.15, 0.2) is 18.2 Å². The molecule has 0 unspecified atom stereocenters. The molecule has 3 aromatic rings. The molecule has 0 aliphatic carbocycles. The Balaban J connectivity index is 1.83. The largest absolute Gasteiger partial charge is 0.492 e. The number of halogens is 2. The fourth-order valence-corrected chi connectivity index (χ4v) is 5.39. The number of hydrogen-bond acceptors (Lipinski definition) is 5. The predicted molar refractivity (Wildman–Crippen MR) is 105 cm³/mol. The van der Waals surface area contributed by atoms with Gasteiger partial charge in [0, 0.05) is 19.5 Å². The van der Waals surface area contributed by atoms with Gasteiger partial charge in [0.1, 0.15) is 0 Å². The number of benzene rings is 1. The van der Waals surface area contributed by atoms with Gasteiger partial charge in [0.25, 0.3) is 0 Å². The van der Waals surface area contributed by atoms with Crippen molar-refractivity contribution >= 4 is 16.3 Å². The maximum Gasteiger partial charge on any atom is 0.230 e. The number of aromatic nitrogens is 3. The number of likely N-dealkylation sites (tertiary alicyclic amines) is 1. The van der Waals surface area contributed by atoms with Gasteiger partial charge in [-0.25, -0.2) is 13.8 Å². The zero-order chi connectivity index (χ0) is 20.0. The number of nitrogens with zero attached hydrogens (tertiary/aromatic N) is 4. The number of fused-ring (bicyclic) bond motifs is 1. The van der Waals surface area contributed by atoms with Gasteiger partial charge >= 0.3 is 0 Å². The highest BCUT2D eigenvalue weighted by atomic mass is 32.1. The van der Waals surface area contributed by atoms with Gasteiger partial charge in [0.15, 0.2) is 17.5 Å². The highest BCUT2D eigenvalue weighted by molar-refractivity contribution is 7.17. The van der Waals surface area contributed by atoms with Crippen LogP contribution in [0, 0.1) is 23.5 Å². The lowest BCUT2D eigenvalue weighted by Gasteiger charge is -2.40. The van der Waals surface area contributed by atoms with E-state index in [1.807, 2.05) is 6.92 Å². The summed E-state index contributed by atoms with van der Waals surface area (Å²) in [5.41, 5.74) is 0.621. The van der Waals surface area contributed by atoms with Crippen LogP contribution >= 0.6 is 11.3 Å². The third kappa shape index (κ3) is 3.39. The van der Waals surface area contributed by atoms with Crippen molar-refractivity contribution in [2.75, 3.05) is 13.1 Å². The second-order valence-electron chi connectivity index (χ2n) is 7.84. The Morgan fingerprint density at radius 1 is 1.21 bits per heavy atom. The number of aryl methyl sites for hydroxylation is 1. The minimum absolute atomic E-state index is 0.0211. The number of thiazole rings is 1. The first kappa shape index (κ1) is 19.3. The normalized spacial score (nSPS) is 22.0. The van der Waals surface area contributed by atoms with Crippen LogP contribution in [0.2, 0.25) is 0 Å².